The molecule has 1 aliphatic rings. The van der Waals surface area contributed by atoms with E-state index in [1.54, 1.807) is 13.3 Å². The van der Waals surface area contributed by atoms with Gasteiger partial charge in [0.1, 0.15) is 0 Å². The average Bonchev–Trinajstić information content (AvgIpc) is 2.47. The Morgan fingerprint density at radius 3 is 3.00 bits per heavy atom. The van der Waals surface area contributed by atoms with Crippen LogP contribution in [0.5, 0.6) is 0 Å². The summed E-state index contributed by atoms with van der Waals surface area (Å²) in [6.07, 6.45) is 8.30. The lowest BCUT2D eigenvalue weighted by Crippen LogP contribution is -2.53. The molecular formula is C14H20N2OS. The Hall–Kier alpha value is -1.00. The van der Waals surface area contributed by atoms with Crippen molar-refractivity contribution in [3.05, 3.63) is 30.1 Å². The van der Waals surface area contributed by atoms with Crippen LogP contribution in [-0.4, -0.2) is 30.2 Å². The number of nitrogens with zero attached hydrogens (tertiary/aromatic N) is 1. The number of nitrogens with one attached hydrogen (secondary N) is 1. The van der Waals surface area contributed by atoms with E-state index in [1.165, 1.54) is 12.8 Å². The minimum atomic E-state index is -0.217. The van der Waals surface area contributed by atoms with Gasteiger partial charge in [-0.25, -0.2) is 0 Å². The second-order valence-electron chi connectivity index (χ2n) is 4.76. The van der Waals surface area contributed by atoms with Crippen LogP contribution < -0.4 is 5.32 Å². The molecule has 1 fully saturated rings. The number of rotatable bonds is 3. The van der Waals surface area contributed by atoms with E-state index in [1.807, 2.05) is 19.3 Å². The predicted octanol–water partition coefficient (Wildman–Crippen LogP) is 2.46. The van der Waals surface area contributed by atoms with E-state index in [0.29, 0.717) is 0 Å². The van der Waals surface area contributed by atoms with Crippen LogP contribution in [0.3, 0.4) is 0 Å². The van der Waals surface area contributed by atoms with E-state index in [0.717, 1.165) is 23.4 Å². The SMILES string of the molecule is CNC(=S)[C@]1(c2cccnc2)CCCC[C@H]1OC. The molecule has 0 aliphatic heterocycles. The van der Waals surface area contributed by atoms with Crippen LogP contribution >= 0.6 is 12.2 Å². The van der Waals surface area contributed by atoms with Gasteiger partial charge in [0.2, 0.25) is 0 Å². The maximum Gasteiger partial charge on any atom is 0.0885 e. The van der Waals surface area contributed by atoms with Crippen LogP contribution in [0.1, 0.15) is 31.2 Å². The minimum absolute atomic E-state index is 0.135. The number of likely N-dealkylation sites (N-methyl/N-ethyl adjacent to an activating group) is 1. The Kier molecular flexibility index (Phi) is 4.30. The third-order valence-electron chi connectivity index (χ3n) is 3.93. The standard InChI is InChI=1S/C14H20N2OS/c1-15-13(18)14(11-6-5-9-16-10-11)8-4-3-7-12(14)17-2/h5-6,9-10,12H,3-4,7-8H2,1-2H3,(H,15,18)/t12-,14+/m1/s1. The van der Waals surface area contributed by atoms with Gasteiger partial charge in [0.25, 0.3) is 0 Å². The van der Waals surface area contributed by atoms with Gasteiger partial charge in [-0.1, -0.05) is 31.1 Å². The Bertz CT molecular complexity index is 410. The quantitative estimate of drug-likeness (QED) is 0.850. The van der Waals surface area contributed by atoms with E-state index in [-0.39, 0.29) is 11.5 Å². The Morgan fingerprint density at radius 1 is 1.56 bits per heavy atom. The van der Waals surface area contributed by atoms with Crippen LogP contribution in [0, 0.1) is 0 Å². The first-order valence-corrected chi connectivity index (χ1v) is 6.82. The number of methoxy groups -OCH3 is 1. The van der Waals surface area contributed by atoms with Crippen molar-refractivity contribution in [2.45, 2.75) is 37.2 Å². The van der Waals surface area contributed by atoms with Gasteiger partial charge >= 0.3 is 0 Å². The molecule has 18 heavy (non-hydrogen) atoms. The number of hydrogen-bond acceptors (Lipinski definition) is 3. The molecule has 0 amide bonds. The van der Waals surface area contributed by atoms with Crippen LogP contribution in [-0.2, 0) is 10.2 Å². The number of pyridine rings is 1. The summed E-state index contributed by atoms with van der Waals surface area (Å²) >= 11 is 5.59. The van der Waals surface area contributed by atoms with Gasteiger partial charge in [0.05, 0.1) is 16.5 Å². The molecule has 98 valence electrons. The van der Waals surface area contributed by atoms with Crippen LogP contribution in [0.2, 0.25) is 0 Å². The first-order chi connectivity index (χ1) is 8.75. The van der Waals surface area contributed by atoms with Crippen molar-refractivity contribution >= 4 is 17.2 Å². The van der Waals surface area contributed by atoms with Crippen LogP contribution in [0.15, 0.2) is 24.5 Å². The largest absolute Gasteiger partial charge is 0.382 e. The zero-order valence-corrected chi connectivity index (χ0v) is 11.8. The first-order valence-electron chi connectivity index (χ1n) is 6.41. The van der Waals surface area contributed by atoms with Gasteiger partial charge in [-0.15, -0.1) is 0 Å². The lowest BCUT2D eigenvalue weighted by Gasteiger charge is -2.43. The summed E-state index contributed by atoms with van der Waals surface area (Å²) in [5.74, 6) is 0. The van der Waals surface area contributed by atoms with E-state index in [2.05, 4.69) is 16.4 Å². The molecule has 2 atom stereocenters. The molecule has 1 aliphatic carbocycles. The lowest BCUT2D eigenvalue weighted by atomic mass is 9.67. The molecule has 1 aromatic rings. The molecular weight excluding hydrogens is 244 g/mol. The highest BCUT2D eigenvalue weighted by Crippen LogP contribution is 2.41. The summed E-state index contributed by atoms with van der Waals surface area (Å²) in [6.45, 7) is 0. The lowest BCUT2D eigenvalue weighted by molar-refractivity contribution is 0.0298. The molecule has 1 saturated carbocycles. The smallest absolute Gasteiger partial charge is 0.0885 e. The molecule has 3 nitrogen and oxygen atoms in total. The molecule has 0 unspecified atom stereocenters. The van der Waals surface area contributed by atoms with Crippen molar-refractivity contribution < 1.29 is 4.74 Å². The van der Waals surface area contributed by atoms with E-state index in [9.17, 15) is 0 Å². The summed E-state index contributed by atoms with van der Waals surface area (Å²) in [5.41, 5.74) is 0.946. The zero-order valence-electron chi connectivity index (χ0n) is 11.0. The fourth-order valence-corrected chi connectivity index (χ4v) is 3.38. The molecule has 1 heterocycles. The van der Waals surface area contributed by atoms with Crippen molar-refractivity contribution in [1.29, 1.82) is 0 Å². The van der Waals surface area contributed by atoms with Gasteiger partial charge in [-0.2, -0.15) is 0 Å². The Labute approximate surface area is 114 Å². The highest BCUT2D eigenvalue weighted by atomic mass is 32.1. The molecule has 0 spiro atoms. The molecule has 1 aromatic heterocycles. The molecule has 0 aromatic carbocycles. The Morgan fingerprint density at radius 2 is 2.39 bits per heavy atom. The average molecular weight is 264 g/mol. The number of ether oxygens (including phenoxy) is 1. The van der Waals surface area contributed by atoms with Crippen molar-refractivity contribution in [3.8, 4) is 0 Å². The maximum atomic E-state index is 5.73. The zero-order chi connectivity index (χ0) is 13.0. The van der Waals surface area contributed by atoms with Gasteiger partial charge < -0.3 is 10.1 Å². The fraction of sp³-hybridized carbons (Fsp3) is 0.571. The molecule has 0 radical (unpaired) electrons. The maximum absolute atomic E-state index is 5.73. The highest BCUT2D eigenvalue weighted by molar-refractivity contribution is 7.80. The third kappa shape index (κ3) is 2.15. The van der Waals surface area contributed by atoms with Gasteiger partial charge in [-0.3, -0.25) is 4.98 Å². The van der Waals surface area contributed by atoms with Crippen LogP contribution in [0.25, 0.3) is 0 Å². The molecule has 0 bridgehead atoms. The minimum Gasteiger partial charge on any atom is -0.382 e. The molecule has 4 heteroatoms. The van der Waals surface area contributed by atoms with Crippen molar-refractivity contribution in [3.63, 3.8) is 0 Å². The summed E-state index contributed by atoms with van der Waals surface area (Å²) < 4.78 is 5.73. The topological polar surface area (TPSA) is 34.2 Å². The third-order valence-corrected chi connectivity index (χ3v) is 4.50. The van der Waals surface area contributed by atoms with Gasteiger partial charge in [-0.05, 0) is 24.5 Å². The van der Waals surface area contributed by atoms with Crippen molar-refractivity contribution in [1.82, 2.24) is 10.3 Å². The van der Waals surface area contributed by atoms with Gasteiger partial charge in [0.15, 0.2) is 0 Å². The molecule has 1 N–H and O–H groups in total. The summed E-state index contributed by atoms with van der Waals surface area (Å²) in [5, 5.41) is 3.16. The summed E-state index contributed by atoms with van der Waals surface area (Å²) in [6, 6.07) is 4.07. The van der Waals surface area contributed by atoms with E-state index < -0.39 is 0 Å². The second kappa shape index (κ2) is 5.76. The number of hydrogen-bond donors (Lipinski definition) is 1. The highest BCUT2D eigenvalue weighted by Gasteiger charge is 2.46. The summed E-state index contributed by atoms with van der Waals surface area (Å²) in [7, 11) is 3.67. The second-order valence-corrected chi connectivity index (χ2v) is 5.17. The fourth-order valence-electron chi connectivity index (χ4n) is 3.03. The van der Waals surface area contributed by atoms with Gasteiger partial charge in [0, 0.05) is 26.6 Å². The Balaban J connectivity index is 2.48. The van der Waals surface area contributed by atoms with Crippen molar-refractivity contribution in [2.24, 2.45) is 0 Å². The predicted molar refractivity (Wildman–Crippen MR) is 76.8 cm³/mol. The molecule has 2 rings (SSSR count). The number of thiocarbonyl (C=S) groups is 1. The normalized spacial score (nSPS) is 27.8. The van der Waals surface area contributed by atoms with E-state index in [4.69, 9.17) is 17.0 Å². The first kappa shape index (κ1) is 13.4. The van der Waals surface area contributed by atoms with E-state index >= 15 is 0 Å². The molecule has 0 saturated heterocycles. The van der Waals surface area contributed by atoms with Crippen LogP contribution in [0.4, 0.5) is 0 Å². The summed E-state index contributed by atoms with van der Waals surface area (Å²) in [4.78, 5) is 5.11. The number of aromatic nitrogens is 1. The monoisotopic (exact) mass is 264 g/mol. The van der Waals surface area contributed by atoms with Crippen molar-refractivity contribution in [2.75, 3.05) is 14.2 Å².